The van der Waals surface area contributed by atoms with Crippen LogP contribution in [0.5, 0.6) is 0 Å². The Kier molecular flexibility index (Phi) is 12.0. The normalized spacial score (nSPS) is 14.6. The smallest absolute Gasteiger partial charge is 0.238 e. The van der Waals surface area contributed by atoms with Gasteiger partial charge in [0, 0.05) is 32.7 Å². The first kappa shape index (κ1) is 27.0. The van der Waals surface area contributed by atoms with Crippen LogP contribution in [-0.2, 0) is 9.59 Å². The Morgan fingerprint density at radius 3 is 2.18 bits per heavy atom. The highest BCUT2D eigenvalue weighted by atomic mass is 35.5. The maximum Gasteiger partial charge on any atom is 0.238 e. The number of nitrogens with two attached hydrogens (primary N) is 1. The maximum atomic E-state index is 12.9. The molecule has 0 saturated carbocycles. The van der Waals surface area contributed by atoms with E-state index in [0.717, 1.165) is 12.8 Å². The lowest BCUT2D eigenvalue weighted by Gasteiger charge is -2.40. The lowest BCUT2D eigenvalue weighted by atomic mass is 9.81. The first-order chi connectivity index (χ1) is 12.5. The van der Waals surface area contributed by atoms with Gasteiger partial charge in [-0.05, 0) is 25.0 Å². The number of para-hydroxylation sites is 1. The van der Waals surface area contributed by atoms with Crippen LogP contribution in [0.4, 0.5) is 5.69 Å². The number of nitrogens with zero attached hydrogens (tertiary/aromatic N) is 2. The second kappa shape index (κ2) is 12.5. The lowest BCUT2D eigenvalue weighted by molar-refractivity contribution is -0.144. The molecule has 0 atom stereocenters. The zero-order valence-electron chi connectivity index (χ0n) is 16.4. The van der Waals surface area contributed by atoms with Gasteiger partial charge in [-0.15, -0.1) is 24.8 Å². The summed E-state index contributed by atoms with van der Waals surface area (Å²) < 4.78 is 0. The molecule has 2 rings (SSSR count). The molecule has 2 amide bonds. The number of carbonyl (C=O) groups is 2. The highest BCUT2D eigenvalue weighted by molar-refractivity contribution is 6.33. The van der Waals surface area contributed by atoms with E-state index in [2.05, 4.69) is 10.2 Å². The Hall–Kier alpha value is -1.05. The fourth-order valence-electron chi connectivity index (χ4n) is 3.33. The van der Waals surface area contributed by atoms with Gasteiger partial charge in [-0.1, -0.05) is 37.6 Å². The highest BCUT2D eigenvalue weighted by Gasteiger charge is 2.37. The van der Waals surface area contributed by atoms with Crippen molar-refractivity contribution in [2.45, 2.75) is 26.7 Å². The van der Waals surface area contributed by atoms with Crippen molar-refractivity contribution >= 4 is 53.9 Å². The van der Waals surface area contributed by atoms with E-state index < -0.39 is 5.41 Å². The van der Waals surface area contributed by atoms with Crippen LogP contribution >= 0.6 is 36.4 Å². The second-order valence-electron chi connectivity index (χ2n) is 6.79. The third kappa shape index (κ3) is 6.49. The standard InChI is InChI=1S/C19H29ClN4O2.2ClH/c1-3-19(4-2,14-21)18(26)24-11-9-23(10-12-24)13-17(25)22-16-8-6-5-7-15(16)20;;/h5-8H,3-4,9-14,21H2,1-2H3,(H,22,25);2*1H. The summed E-state index contributed by atoms with van der Waals surface area (Å²) in [4.78, 5) is 29.0. The summed E-state index contributed by atoms with van der Waals surface area (Å²) in [5.74, 6) is 0.0430. The first-order valence-corrected chi connectivity index (χ1v) is 9.59. The number of benzene rings is 1. The predicted molar refractivity (Wildman–Crippen MR) is 120 cm³/mol. The zero-order chi connectivity index (χ0) is 19.2. The van der Waals surface area contributed by atoms with E-state index in [9.17, 15) is 9.59 Å². The van der Waals surface area contributed by atoms with Gasteiger partial charge in [0.1, 0.15) is 0 Å². The minimum Gasteiger partial charge on any atom is -0.340 e. The number of nitrogens with one attached hydrogen (secondary N) is 1. The van der Waals surface area contributed by atoms with Crippen LogP contribution < -0.4 is 11.1 Å². The van der Waals surface area contributed by atoms with Crippen LogP contribution in [0, 0.1) is 5.41 Å². The van der Waals surface area contributed by atoms with Crippen LogP contribution in [0.3, 0.4) is 0 Å². The molecular formula is C19H31Cl3N4O2. The SMILES string of the molecule is CCC(CC)(CN)C(=O)N1CCN(CC(=O)Nc2ccccc2Cl)CC1.Cl.Cl. The topological polar surface area (TPSA) is 78.7 Å². The van der Waals surface area contributed by atoms with Crippen molar-refractivity contribution in [1.29, 1.82) is 0 Å². The molecule has 1 aliphatic heterocycles. The fraction of sp³-hybridized carbons (Fsp3) is 0.579. The first-order valence-electron chi connectivity index (χ1n) is 9.22. The lowest BCUT2D eigenvalue weighted by Crippen LogP contribution is -2.55. The molecule has 9 heteroatoms. The number of amides is 2. The van der Waals surface area contributed by atoms with Crippen LogP contribution in [0.1, 0.15) is 26.7 Å². The summed E-state index contributed by atoms with van der Waals surface area (Å²) in [5.41, 5.74) is 6.06. The van der Waals surface area contributed by atoms with Crippen molar-refractivity contribution in [3.8, 4) is 0 Å². The Labute approximate surface area is 185 Å². The van der Waals surface area contributed by atoms with E-state index in [4.69, 9.17) is 17.3 Å². The Morgan fingerprint density at radius 1 is 1.11 bits per heavy atom. The van der Waals surface area contributed by atoms with Gasteiger partial charge in [-0.2, -0.15) is 0 Å². The van der Waals surface area contributed by atoms with E-state index in [-0.39, 0.29) is 43.2 Å². The van der Waals surface area contributed by atoms with Gasteiger partial charge in [-0.3, -0.25) is 14.5 Å². The van der Waals surface area contributed by atoms with Crippen molar-refractivity contribution in [2.24, 2.45) is 11.1 Å². The van der Waals surface area contributed by atoms with Gasteiger partial charge in [0.15, 0.2) is 0 Å². The summed E-state index contributed by atoms with van der Waals surface area (Å²) in [6, 6.07) is 7.17. The molecule has 28 heavy (non-hydrogen) atoms. The summed E-state index contributed by atoms with van der Waals surface area (Å²) in [7, 11) is 0. The Bertz CT molecular complexity index is 625. The molecule has 1 aromatic rings. The third-order valence-electron chi connectivity index (χ3n) is 5.37. The summed E-state index contributed by atoms with van der Waals surface area (Å²) in [6.45, 7) is 7.30. The molecule has 1 fully saturated rings. The molecule has 0 aliphatic carbocycles. The molecule has 1 aromatic carbocycles. The predicted octanol–water partition coefficient (Wildman–Crippen LogP) is 3.03. The number of hydrogen-bond acceptors (Lipinski definition) is 4. The van der Waals surface area contributed by atoms with E-state index in [0.29, 0.717) is 43.4 Å². The monoisotopic (exact) mass is 452 g/mol. The average Bonchev–Trinajstić information content (AvgIpc) is 2.66. The number of halogens is 3. The van der Waals surface area contributed by atoms with E-state index >= 15 is 0 Å². The third-order valence-corrected chi connectivity index (χ3v) is 5.70. The summed E-state index contributed by atoms with van der Waals surface area (Å²) in [5, 5.41) is 3.36. The number of carbonyl (C=O) groups excluding carboxylic acids is 2. The molecule has 160 valence electrons. The number of piperazine rings is 1. The van der Waals surface area contributed by atoms with Crippen LogP contribution in [0.15, 0.2) is 24.3 Å². The molecule has 0 bridgehead atoms. The van der Waals surface area contributed by atoms with Gasteiger partial charge in [0.2, 0.25) is 11.8 Å². The molecule has 0 aromatic heterocycles. The van der Waals surface area contributed by atoms with Gasteiger partial charge < -0.3 is 16.0 Å². The maximum absolute atomic E-state index is 12.9. The van der Waals surface area contributed by atoms with Crippen LogP contribution in [0.25, 0.3) is 0 Å². The molecule has 0 radical (unpaired) electrons. The van der Waals surface area contributed by atoms with E-state index in [1.54, 1.807) is 12.1 Å². The quantitative estimate of drug-likeness (QED) is 0.665. The van der Waals surface area contributed by atoms with Crippen LogP contribution in [0.2, 0.25) is 5.02 Å². The van der Waals surface area contributed by atoms with Crippen molar-refractivity contribution in [2.75, 3.05) is 44.6 Å². The molecular weight excluding hydrogens is 423 g/mol. The van der Waals surface area contributed by atoms with Gasteiger partial charge in [-0.25, -0.2) is 0 Å². The average molecular weight is 454 g/mol. The van der Waals surface area contributed by atoms with Crippen molar-refractivity contribution in [3.63, 3.8) is 0 Å². The minimum atomic E-state index is -0.455. The molecule has 6 nitrogen and oxygen atoms in total. The molecule has 0 unspecified atom stereocenters. The van der Waals surface area contributed by atoms with E-state index in [1.165, 1.54) is 0 Å². The molecule has 1 heterocycles. The molecule has 0 spiro atoms. The number of anilines is 1. The highest BCUT2D eigenvalue weighted by Crippen LogP contribution is 2.28. The molecule has 3 N–H and O–H groups in total. The van der Waals surface area contributed by atoms with Gasteiger partial charge in [0.25, 0.3) is 0 Å². The minimum absolute atomic E-state index is 0. The number of rotatable bonds is 7. The van der Waals surface area contributed by atoms with Crippen molar-refractivity contribution in [3.05, 3.63) is 29.3 Å². The Balaban J connectivity index is 0.00000364. The zero-order valence-corrected chi connectivity index (χ0v) is 18.8. The second-order valence-corrected chi connectivity index (χ2v) is 7.20. The number of hydrogen-bond donors (Lipinski definition) is 2. The van der Waals surface area contributed by atoms with E-state index in [1.807, 2.05) is 30.9 Å². The van der Waals surface area contributed by atoms with Crippen LogP contribution in [-0.4, -0.2) is 60.9 Å². The Morgan fingerprint density at radius 2 is 1.68 bits per heavy atom. The van der Waals surface area contributed by atoms with Crippen molar-refractivity contribution in [1.82, 2.24) is 9.80 Å². The molecule has 1 aliphatic rings. The van der Waals surface area contributed by atoms with Gasteiger partial charge >= 0.3 is 0 Å². The summed E-state index contributed by atoms with van der Waals surface area (Å²) >= 11 is 6.07. The summed E-state index contributed by atoms with van der Waals surface area (Å²) in [6.07, 6.45) is 1.50. The van der Waals surface area contributed by atoms with Gasteiger partial charge in [0.05, 0.1) is 22.7 Å². The van der Waals surface area contributed by atoms with Crippen molar-refractivity contribution < 1.29 is 9.59 Å². The fourth-order valence-corrected chi connectivity index (χ4v) is 3.51. The molecule has 1 saturated heterocycles. The largest absolute Gasteiger partial charge is 0.340 e.